The molecule has 6 atom stereocenters. The first-order valence-electron chi connectivity index (χ1n) is 13.7. The molecule has 0 unspecified atom stereocenters. The summed E-state index contributed by atoms with van der Waals surface area (Å²) in [5.41, 5.74) is 5.84. The molecule has 184 valence electrons. The molecule has 0 spiro atoms. The molecule has 4 aliphatic rings. The minimum Gasteiger partial charge on any atom is -0.390 e. The van der Waals surface area contributed by atoms with Gasteiger partial charge in [-0.1, -0.05) is 50.0 Å². The van der Waals surface area contributed by atoms with Crippen LogP contribution in [0.25, 0.3) is 0 Å². The van der Waals surface area contributed by atoms with Crippen LogP contribution in [0.3, 0.4) is 0 Å². The Bertz CT molecular complexity index is 652. The van der Waals surface area contributed by atoms with Gasteiger partial charge in [0.15, 0.2) is 0 Å². The molecular formula is C30H52O2. The van der Waals surface area contributed by atoms with E-state index in [4.69, 9.17) is 0 Å². The molecule has 2 nitrogen and oxygen atoms in total. The van der Waals surface area contributed by atoms with E-state index in [-0.39, 0.29) is 0 Å². The lowest BCUT2D eigenvalue weighted by molar-refractivity contribution is 0.0115. The molecule has 0 aromatic carbocycles. The minimum atomic E-state index is -0.509. The maximum atomic E-state index is 10.2. The minimum absolute atomic E-state index is 0.461. The fraction of sp³-hybridized carbons (Fsp3) is 0.867. The fourth-order valence-corrected chi connectivity index (χ4v) is 7.03. The van der Waals surface area contributed by atoms with Gasteiger partial charge >= 0.3 is 0 Å². The normalized spacial score (nSPS) is 36.2. The van der Waals surface area contributed by atoms with Crippen LogP contribution in [0.2, 0.25) is 0 Å². The average Bonchev–Trinajstić information content (AvgIpc) is 3.09. The third-order valence-electron chi connectivity index (χ3n) is 9.72. The Hall–Kier alpha value is -0.600. The van der Waals surface area contributed by atoms with Crippen LogP contribution < -0.4 is 0 Å². The van der Waals surface area contributed by atoms with Gasteiger partial charge in [0.2, 0.25) is 0 Å². The Kier molecular flexibility index (Phi) is 8.08. The molecule has 4 rings (SSSR count). The summed E-state index contributed by atoms with van der Waals surface area (Å²) in [5, 5.41) is 20.5. The molecule has 0 heterocycles. The van der Waals surface area contributed by atoms with Crippen molar-refractivity contribution in [3.63, 3.8) is 0 Å². The quantitative estimate of drug-likeness (QED) is 0.426. The first-order valence-corrected chi connectivity index (χ1v) is 13.7. The van der Waals surface area contributed by atoms with E-state index < -0.39 is 11.2 Å². The number of hydrogen-bond acceptors (Lipinski definition) is 2. The van der Waals surface area contributed by atoms with Crippen molar-refractivity contribution in [3.05, 3.63) is 22.3 Å². The van der Waals surface area contributed by atoms with E-state index in [0.29, 0.717) is 11.8 Å². The maximum Gasteiger partial charge on any atom is 0.0622 e. The van der Waals surface area contributed by atoms with Crippen molar-refractivity contribution >= 4 is 0 Å². The zero-order valence-corrected chi connectivity index (χ0v) is 22.4. The Morgan fingerprint density at radius 2 is 0.812 bits per heavy atom. The summed E-state index contributed by atoms with van der Waals surface area (Å²) in [5.74, 6) is 3.96. The molecule has 32 heavy (non-hydrogen) atoms. The van der Waals surface area contributed by atoms with E-state index in [2.05, 4.69) is 27.7 Å². The summed E-state index contributed by atoms with van der Waals surface area (Å²) < 4.78 is 0. The Morgan fingerprint density at radius 1 is 0.500 bits per heavy atom. The van der Waals surface area contributed by atoms with Gasteiger partial charge in [-0.2, -0.15) is 0 Å². The van der Waals surface area contributed by atoms with Gasteiger partial charge in [-0.3, -0.25) is 0 Å². The van der Waals surface area contributed by atoms with Crippen LogP contribution in [-0.4, -0.2) is 21.4 Å². The summed E-state index contributed by atoms with van der Waals surface area (Å²) in [6, 6.07) is 0. The highest BCUT2D eigenvalue weighted by atomic mass is 16.3. The molecule has 0 aromatic heterocycles. The third-order valence-corrected chi connectivity index (χ3v) is 9.72. The lowest BCUT2D eigenvalue weighted by Gasteiger charge is -2.30. The van der Waals surface area contributed by atoms with Crippen molar-refractivity contribution < 1.29 is 10.2 Å². The van der Waals surface area contributed by atoms with E-state index in [1.807, 2.05) is 27.7 Å². The van der Waals surface area contributed by atoms with Gasteiger partial charge in [0.25, 0.3) is 0 Å². The van der Waals surface area contributed by atoms with Gasteiger partial charge < -0.3 is 10.2 Å². The summed E-state index contributed by atoms with van der Waals surface area (Å²) in [6.07, 6.45) is 12.5. The van der Waals surface area contributed by atoms with Crippen molar-refractivity contribution in [1.82, 2.24) is 0 Å². The smallest absolute Gasteiger partial charge is 0.0622 e. The van der Waals surface area contributed by atoms with Gasteiger partial charge in [-0.15, -0.1) is 0 Å². The maximum absolute atomic E-state index is 10.2. The highest BCUT2D eigenvalue weighted by molar-refractivity contribution is 5.27. The topological polar surface area (TPSA) is 40.5 Å². The van der Waals surface area contributed by atoms with Gasteiger partial charge in [0.1, 0.15) is 0 Å². The highest BCUT2D eigenvalue weighted by Gasteiger charge is 2.36. The van der Waals surface area contributed by atoms with Crippen molar-refractivity contribution in [1.29, 1.82) is 0 Å². The molecule has 0 aromatic rings. The van der Waals surface area contributed by atoms with Crippen molar-refractivity contribution in [2.75, 3.05) is 0 Å². The largest absolute Gasteiger partial charge is 0.390 e. The molecule has 2 heteroatoms. The zero-order valence-electron chi connectivity index (χ0n) is 22.4. The molecule has 0 amide bonds. The van der Waals surface area contributed by atoms with Crippen LogP contribution in [0.1, 0.15) is 120 Å². The molecule has 0 aliphatic heterocycles. The molecule has 2 N–H and O–H groups in total. The summed E-state index contributed by atoms with van der Waals surface area (Å²) >= 11 is 0. The first-order chi connectivity index (χ1) is 14.8. The van der Waals surface area contributed by atoms with Gasteiger partial charge in [0, 0.05) is 0 Å². The number of hydrogen-bond donors (Lipinski definition) is 2. The summed E-state index contributed by atoms with van der Waals surface area (Å²) in [6.45, 7) is 17.4. The monoisotopic (exact) mass is 444 g/mol. The molecule has 0 bridgehead atoms. The second-order valence-electron chi connectivity index (χ2n) is 13.0. The Labute approximate surface area is 199 Å². The van der Waals surface area contributed by atoms with E-state index in [1.165, 1.54) is 51.4 Å². The first kappa shape index (κ1) is 26.0. The van der Waals surface area contributed by atoms with Crippen LogP contribution in [0.4, 0.5) is 0 Å². The van der Waals surface area contributed by atoms with Crippen molar-refractivity contribution in [2.24, 2.45) is 35.5 Å². The number of rotatable bonds is 2. The van der Waals surface area contributed by atoms with E-state index in [0.717, 1.165) is 36.5 Å². The Morgan fingerprint density at radius 3 is 1.12 bits per heavy atom. The number of aliphatic hydroxyl groups is 2. The number of allylic oxidation sites excluding steroid dienone is 4. The van der Waals surface area contributed by atoms with Crippen molar-refractivity contribution in [2.45, 2.75) is 131 Å². The fourth-order valence-electron chi connectivity index (χ4n) is 7.03. The van der Waals surface area contributed by atoms with Gasteiger partial charge in [0.05, 0.1) is 11.2 Å². The van der Waals surface area contributed by atoms with E-state index in [9.17, 15) is 10.2 Å². The van der Waals surface area contributed by atoms with Crippen LogP contribution in [0, 0.1) is 35.5 Å². The molecular weight excluding hydrogens is 392 g/mol. The predicted molar refractivity (Wildman–Crippen MR) is 136 cm³/mol. The lowest BCUT2D eigenvalue weighted by atomic mass is 9.81. The third kappa shape index (κ3) is 5.90. The lowest BCUT2D eigenvalue weighted by Crippen LogP contribution is -2.31. The van der Waals surface area contributed by atoms with Crippen LogP contribution in [0.5, 0.6) is 0 Å². The van der Waals surface area contributed by atoms with Crippen LogP contribution in [0.15, 0.2) is 22.3 Å². The Balaban J connectivity index is 0.000000181. The van der Waals surface area contributed by atoms with Crippen LogP contribution >= 0.6 is 0 Å². The molecule has 0 radical (unpaired) electrons. The standard InChI is InChI=1S/2C15H26O/c2*1-10-5-7-12(15(3,4)16)9-14-11(2)6-8-13(10)14/h2*10-12,16H,5-9H2,1-4H3/t2*10-,11-,12+/m00/s1. The average molecular weight is 445 g/mol. The van der Waals surface area contributed by atoms with Crippen molar-refractivity contribution in [3.8, 4) is 0 Å². The second kappa shape index (κ2) is 9.95. The highest BCUT2D eigenvalue weighted by Crippen LogP contribution is 2.47. The molecule has 4 aliphatic carbocycles. The zero-order chi connectivity index (χ0) is 23.8. The molecule has 0 fully saturated rings. The van der Waals surface area contributed by atoms with E-state index >= 15 is 0 Å². The summed E-state index contributed by atoms with van der Waals surface area (Å²) in [7, 11) is 0. The van der Waals surface area contributed by atoms with Crippen LogP contribution in [-0.2, 0) is 0 Å². The SMILES string of the molecule is C[C@H]1CC[C@@H](C(C)(C)O)CC2=C1CC[C@@H]2C.C[C@H]1CC[C@@H](C(C)(C)O)CC2=C1CC[C@@H]2C. The van der Waals surface area contributed by atoms with Gasteiger partial charge in [-0.05, 0) is 127 Å². The summed E-state index contributed by atoms with van der Waals surface area (Å²) in [4.78, 5) is 0. The second-order valence-corrected chi connectivity index (χ2v) is 13.0. The molecule has 0 saturated carbocycles. The van der Waals surface area contributed by atoms with Gasteiger partial charge in [-0.25, -0.2) is 0 Å². The molecule has 0 saturated heterocycles. The predicted octanol–water partition coefficient (Wildman–Crippen LogP) is 7.84. The van der Waals surface area contributed by atoms with E-state index in [1.54, 1.807) is 22.3 Å².